The van der Waals surface area contributed by atoms with Crippen LogP contribution < -0.4 is 4.90 Å². The first kappa shape index (κ1) is 17.7. The van der Waals surface area contributed by atoms with E-state index in [1.807, 2.05) is 18.2 Å². The fraction of sp³-hybridized carbons (Fsp3) is 0.231. The molecular formula is C26H23N3. The number of pyridine rings is 1. The first-order valence-corrected chi connectivity index (χ1v) is 10.3. The van der Waals surface area contributed by atoms with E-state index in [1.165, 1.54) is 22.5 Å². The van der Waals surface area contributed by atoms with Crippen molar-refractivity contribution in [1.29, 1.82) is 5.26 Å². The lowest BCUT2D eigenvalue weighted by Gasteiger charge is -2.39. The molecule has 3 aliphatic rings. The van der Waals surface area contributed by atoms with Crippen molar-refractivity contribution in [3.05, 3.63) is 95.0 Å². The van der Waals surface area contributed by atoms with Crippen LogP contribution in [0.1, 0.15) is 38.3 Å². The second-order valence-corrected chi connectivity index (χ2v) is 8.01. The zero-order valence-electron chi connectivity index (χ0n) is 16.6. The lowest BCUT2D eigenvalue weighted by molar-refractivity contribution is 0.663. The molecule has 1 atom stereocenters. The van der Waals surface area contributed by atoms with Gasteiger partial charge in [0.2, 0.25) is 0 Å². The molecule has 0 bridgehead atoms. The molecule has 0 N–H and O–H groups in total. The van der Waals surface area contributed by atoms with Gasteiger partial charge >= 0.3 is 0 Å². The van der Waals surface area contributed by atoms with Gasteiger partial charge in [0.05, 0.1) is 11.4 Å². The maximum Gasteiger partial charge on any atom is 0.141 e. The van der Waals surface area contributed by atoms with Crippen LogP contribution in [0.25, 0.3) is 11.3 Å². The summed E-state index contributed by atoms with van der Waals surface area (Å²) in [5.41, 5.74) is 9.12. The number of nitriles is 1. The van der Waals surface area contributed by atoms with Crippen LogP contribution in [-0.4, -0.2) is 4.98 Å². The maximum atomic E-state index is 9.30. The normalized spacial score (nSPS) is 20.4. The smallest absolute Gasteiger partial charge is 0.141 e. The van der Waals surface area contributed by atoms with E-state index >= 15 is 0 Å². The van der Waals surface area contributed by atoms with Crippen molar-refractivity contribution in [3.8, 4) is 17.3 Å². The summed E-state index contributed by atoms with van der Waals surface area (Å²) < 4.78 is 0. The SMILES string of the molecule is CC1C=CC2=C(CC3=C(C=CCC3)N2c2ccccc2-c2cccc(C#N)n2)C1. The third-order valence-corrected chi connectivity index (χ3v) is 5.96. The van der Waals surface area contributed by atoms with E-state index in [1.54, 1.807) is 6.07 Å². The lowest BCUT2D eigenvalue weighted by Crippen LogP contribution is -2.29. The highest BCUT2D eigenvalue weighted by Gasteiger charge is 2.30. The van der Waals surface area contributed by atoms with Crippen molar-refractivity contribution < 1.29 is 0 Å². The summed E-state index contributed by atoms with van der Waals surface area (Å²) in [4.78, 5) is 7.00. The topological polar surface area (TPSA) is 39.9 Å². The standard InChI is InChI=1S/C26H23N3/c1-18-13-14-25-20(15-18)16-19-7-2-4-11-24(19)29(25)26-12-5-3-9-22(26)23-10-6-8-21(17-27)28-23/h3-6,8-14,18H,2,7,15-16H2,1H3. The zero-order chi connectivity index (χ0) is 19.8. The van der Waals surface area contributed by atoms with Crippen LogP contribution in [0.5, 0.6) is 0 Å². The second kappa shape index (κ2) is 7.22. The third kappa shape index (κ3) is 3.11. The van der Waals surface area contributed by atoms with Gasteiger partial charge in [-0.2, -0.15) is 5.26 Å². The number of benzene rings is 1. The molecule has 142 valence electrons. The average Bonchev–Trinajstić information content (AvgIpc) is 2.77. The van der Waals surface area contributed by atoms with Gasteiger partial charge in [-0.25, -0.2) is 4.98 Å². The van der Waals surface area contributed by atoms with Gasteiger partial charge in [-0.3, -0.25) is 0 Å². The summed E-state index contributed by atoms with van der Waals surface area (Å²) in [6.45, 7) is 2.29. The predicted octanol–water partition coefficient (Wildman–Crippen LogP) is 6.28. The van der Waals surface area contributed by atoms with Crippen molar-refractivity contribution in [1.82, 2.24) is 4.98 Å². The largest absolute Gasteiger partial charge is 0.310 e. The van der Waals surface area contributed by atoms with Crippen molar-refractivity contribution in [2.24, 2.45) is 5.92 Å². The monoisotopic (exact) mass is 377 g/mol. The Hall–Kier alpha value is -3.38. The Labute approximate surface area is 172 Å². The van der Waals surface area contributed by atoms with Crippen molar-refractivity contribution in [2.45, 2.75) is 32.6 Å². The molecule has 2 heterocycles. The van der Waals surface area contributed by atoms with E-state index in [-0.39, 0.29) is 0 Å². The van der Waals surface area contributed by atoms with E-state index in [2.05, 4.69) is 65.4 Å². The Bertz CT molecular complexity index is 1140. The molecule has 0 fully saturated rings. The number of aromatic nitrogens is 1. The number of para-hydroxylation sites is 1. The molecule has 3 nitrogen and oxygen atoms in total. The van der Waals surface area contributed by atoms with Crippen molar-refractivity contribution in [2.75, 3.05) is 4.90 Å². The Morgan fingerprint density at radius 1 is 1.03 bits per heavy atom. The predicted molar refractivity (Wildman–Crippen MR) is 117 cm³/mol. The molecule has 0 radical (unpaired) electrons. The Morgan fingerprint density at radius 3 is 2.79 bits per heavy atom. The molecule has 5 rings (SSSR count). The highest BCUT2D eigenvalue weighted by Crippen LogP contribution is 2.45. The highest BCUT2D eigenvalue weighted by atomic mass is 15.2. The number of hydrogen-bond donors (Lipinski definition) is 0. The van der Waals surface area contributed by atoms with Crippen molar-refractivity contribution >= 4 is 5.69 Å². The first-order chi connectivity index (χ1) is 14.2. The fourth-order valence-corrected chi connectivity index (χ4v) is 4.62. The molecule has 1 aliphatic heterocycles. The van der Waals surface area contributed by atoms with Gasteiger partial charge in [-0.05, 0) is 73.1 Å². The van der Waals surface area contributed by atoms with E-state index < -0.39 is 0 Å². The Morgan fingerprint density at radius 2 is 1.90 bits per heavy atom. The molecule has 3 heteroatoms. The van der Waals surface area contributed by atoms with Crippen LogP contribution in [0.15, 0.2) is 89.3 Å². The van der Waals surface area contributed by atoms with Gasteiger partial charge in [0.1, 0.15) is 11.8 Å². The van der Waals surface area contributed by atoms with Gasteiger partial charge in [0.25, 0.3) is 0 Å². The summed E-state index contributed by atoms with van der Waals surface area (Å²) in [7, 11) is 0. The summed E-state index contributed by atoms with van der Waals surface area (Å²) in [5.74, 6) is 0.584. The molecule has 2 aromatic rings. The summed E-state index contributed by atoms with van der Waals surface area (Å²) >= 11 is 0. The molecule has 29 heavy (non-hydrogen) atoms. The van der Waals surface area contributed by atoms with Crippen LogP contribution in [-0.2, 0) is 0 Å². The molecule has 0 spiro atoms. The van der Waals surface area contributed by atoms with E-state index in [0.717, 1.165) is 42.6 Å². The van der Waals surface area contributed by atoms with Gasteiger partial charge in [-0.1, -0.05) is 43.3 Å². The van der Waals surface area contributed by atoms with Crippen LogP contribution in [0, 0.1) is 17.2 Å². The van der Waals surface area contributed by atoms with Crippen LogP contribution >= 0.6 is 0 Å². The molecule has 1 aromatic carbocycles. The second-order valence-electron chi connectivity index (χ2n) is 8.01. The van der Waals surface area contributed by atoms with Crippen LogP contribution in [0.2, 0.25) is 0 Å². The molecule has 2 aliphatic carbocycles. The molecule has 0 saturated carbocycles. The van der Waals surface area contributed by atoms with Gasteiger partial charge in [0.15, 0.2) is 0 Å². The fourth-order valence-electron chi connectivity index (χ4n) is 4.62. The molecular weight excluding hydrogens is 354 g/mol. The summed E-state index contributed by atoms with van der Waals surface area (Å²) in [6.07, 6.45) is 13.6. The number of allylic oxidation sites excluding steroid dienone is 6. The molecule has 1 unspecified atom stereocenters. The quantitative estimate of drug-likeness (QED) is 0.618. The minimum absolute atomic E-state index is 0.444. The van der Waals surface area contributed by atoms with E-state index in [4.69, 9.17) is 0 Å². The van der Waals surface area contributed by atoms with E-state index in [0.29, 0.717) is 11.6 Å². The number of rotatable bonds is 2. The third-order valence-electron chi connectivity index (χ3n) is 5.96. The lowest BCUT2D eigenvalue weighted by atomic mass is 9.82. The minimum Gasteiger partial charge on any atom is -0.310 e. The number of anilines is 1. The Balaban J connectivity index is 1.70. The van der Waals surface area contributed by atoms with Gasteiger partial charge < -0.3 is 4.90 Å². The van der Waals surface area contributed by atoms with Gasteiger partial charge in [0, 0.05) is 17.0 Å². The number of hydrogen-bond acceptors (Lipinski definition) is 3. The molecule has 0 amide bonds. The van der Waals surface area contributed by atoms with Crippen LogP contribution in [0.3, 0.4) is 0 Å². The molecule has 0 saturated heterocycles. The first-order valence-electron chi connectivity index (χ1n) is 10.3. The summed E-state index contributed by atoms with van der Waals surface area (Å²) in [5, 5.41) is 9.30. The maximum absolute atomic E-state index is 9.30. The highest BCUT2D eigenvalue weighted by molar-refractivity contribution is 5.82. The minimum atomic E-state index is 0.444. The number of nitrogens with zero attached hydrogens (tertiary/aromatic N) is 3. The summed E-state index contributed by atoms with van der Waals surface area (Å²) in [6, 6.07) is 16.2. The Kier molecular flexibility index (Phi) is 4.41. The van der Waals surface area contributed by atoms with Crippen molar-refractivity contribution in [3.63, 3.8) is 0 Å². The average molecular weight is 377 g/mol. The molecule has 1 aromatic heterocycles. The zero-order valence-corrected chi connectivity index (χ0v) is 16.6. The van der Waals surface area contributed by atoms with Crippen LogP contribution in [0.4, 0.5) is 5.69 Å². The van der Waals surface area contributed by atoms with E-state index in [9.17, 15) is 5.26 Å². The van der Waals surface area contributed by atoms with Gasteiger partial charge in [-0.15, -0.1) is 0 Å².